The van der Waals surface area contributed by atoms with Crippen LogP contribution in [0.5, 0.6) is 0 Å². The Labute approximate surface area is 230 Å². The van der Waals surface area contributed by atoms with Gasteiger partial charge < -0.3 is 15.5 Å². The number of halogens is 2. The van der Waals surface area contributed by atoms with Crippen molar-refractivity contribution >= 4 is 23.4 Å². The lowest BCUT2D eigenvalue weighted by atomic mass is 9.93. The van der Waals surface area contributed by atoms with Crippen LogP contribution in [0.1, 0.15) is 22.7 Å². The molecule has 1 heterocycles. The average molecular weight is 540 g/mol. The van der Waals surface area contributed by atoms with Gasteiger partial charge in [-0.25, -0.2) is 8.78 Å². The van der Waals surface area contributed by atoms with Gasteiger partial charge in [-0.2, -0.15) is 0 Å². The molecule has 4 aromatic carbocycles. The van der Waals surface area contributed by atoms with Crippen molar-refractivity contribution in [3.63, 3.8) is 0 Å². The first-order valence-electron chi connectivity index (χ1n) is 12.8. The molecule has 1 aliphatic rings. The molecule has 0 bridgehead atoms. The van der Waals surface area contributed by atoms with Crippen LogP contribution in [0.3, 0.4) is 0 Å². The molecule has 0 fully saturated rings. The second-order valence-electron chi connectivity index (χ2n) is 9.68. The second-order valence-corrected chi connectivity index (χ2v) is 9.68. The zero-order valence-corrected chi connectivity index (χ0v) is 21.7. The molecular formula is C32H27F2N3O3. The van der Waals surface area contributed by atoms with Crippen molar-refractivity contribution in [1.82, 2.24) is 10.6 Å². The minimum atomic E-state index is -1.21. The van der Waals surface area contributed by atoms with Gasteiger partial charge in [0.05, 0.1) is 5.69 Å². The van der Waals surface area contributed by atoms with Gasteiger partial charge in [-0.05, 0) is 46.9 Å². The van der Waals surface area contributed by atoms with Gasteiger partial charge in [-0.3, -0.25) is 14.4 Å². The summed E-state index contributed by atoms with van der Waals surface area (Å²) in [6.45, 7) is -0.171. The molecule has 2 N–H and O–H groups in total. The van der Waals surface area contributed by atoms with Crippen molar-refractivity contribution < 1.29 is 23.2 Å². The number of nitrogens with zero attached hydrogens (tertiary/aromatic N) is 1. The molecule has 0 radical (unpaired) electrons. The van der Waals surface area contributed by atoms with Crippen LogP contribution in [-0.4, -0.2) is 24.8 Å². The molecule has 4 aromatic rings. The maximum atomic E-state index is 13.8. The zero-order valence-electron chi connectivity index (χ0n) is 21.7. The standard InChI is InChI=1S/C32H27F2N3O3/c1-37-28-14-8-7-12-25(28)24-11-5-6-13-26(24)29(32(37)40)36-31(39)27(17-20-9-3-2-4-10-20)30(38)35-19-21-15-22(33)18-23(34)16-21/h2-16,18,27,29H,17,19H2,1H3,(H,35,38)(H,36,39). The number of hydrogen-bond acceptors (Lipinski definition) is 3. The number of nitrogens with one attached hydrogen (secondary N) is 2. The van der Waals surface area contributed by atoms with Crippen LogP contribution in [0, 0.1) is 17.6 Å². The van der Waals surface area contributed by atoms with E-state index in [0.717, 1.165) is 34.9 Å². The van der Waals surface area contributed by atoms with Gasteiger partial charge in [0.25, 0.3) is 5.91 Å². The van der Waals surface area contributed by atoms with Crippen LogP contribution in [0.15, 0.2) is 97.1 Å². The molecule has 0 spiro atoms. The smallest absolute Gasteiger partial charge is 0.253 e. The van der Waals surface area contributed by atoms with Gasteiger partial charge in [-0.1, -0.05) is 72.8 Å². The normalized spacial score (nSPS) is 14.9. The van der Waals surface area contributed by atoms with Gasteiger partial charge in [0.1, 0.15) is 23.6 Å². The monoisotopic (exact) mass is 539 g/mol. The SMILES string of the molecule is CN1C(=O)C(NC(=O)C(Cc2ccccc2)C(=O)NCc2cc(F)cc(F)c2)c2ccccc2-c2ccccc21. The third kappa shape index (κ3) is 5.61. The Kier molecular flexibility index (Phi) is 7.68. The third-order valence-corrected chi connectivity index (χ3v) is 7.00. The Morgan fingerprint density at radius 1 is 0.800 bits per heavy atom. The Morgan fingerprint density at radius 3 is 2.15 bits per heavy atom. The number of likely N-dealkylation sites (N-methyl/N-ethyl adjacent to an activating group) is 1. The Morgan fingerprint density at radius 2 is 1.43 bits per heavy atom. The van der Waals surface area contributed by atoms with E-state index < -0.39 is 35.4 Å². The number of hydrogen-bond donors (Lipinski definition) is 2. The number of anilines is 1. The summed E-state index contributed by atoms with van der Waals surface area (Å²) in [5, 5.41) is 5.47. The maximum Gasteiger partial charge on any atom is 0.253 e. The number of amides is 3. The van der Waals surface area contributed by atoms with Crippen LogP contribution in [0.4, 0.5) is 14.5 Å². The number of carbonyl (C=O) groups is 3. The van der Waals surface area contributed by atoms with Crippen molar-refractivity contribution in [2.45, 2.75) is 19.0 Å². The molecular weight excluding hydrogens is 512 g/mol. The summed E-state index contributed by atoms with van der Waals surface area (Å²) in [6, 6.07) is 25.8. The van der Waals surface area contributed by atoms with Gasteiger partial charge in [0.15, 0.2) is 0 Å². The lowest BCUT2D eigenvalue weighted by Crippen LogP contribution is -2.47. The van der Waals surface area contributed by atoms with Crippen LogP contribution < -0.4 is 15.5 Å². The highest BCUT2D eigenvalue weighted by atomic mass is 19.1. The summed E-state index contributed by atoms with van der Waals surface area (Å²) in [4.78, 5) is 42.3. The van der Waals surface area contributed by atoms with Crippen LogP contribution in [0.2, 0.25) is 0 Å². The zero-order chi connectivity index (χ0) is 28.2. The summed E-state index contributed by atoms with van der Waals surface area (Å²) in [6.07, 6.45) is 0.0641. The number of fused-ring (bicyclic) bond motifs is 3. The fourth-order valence-electron chi connectivity index (χ4n) is 5.00. The van der Waals surface area contributed by atoms with Crippen molar-refractivity contribution in [3.05, 3.63) is 125 Å². The van der Waals surface area contributed by atoms with E-state index in [0.29, 0.717) is 11.3 Å². The topological polar surface area (TPSA) is 78.5 Å². The van der Waals surface area contributed by atoms with Gasteiger partial charge in [-0.15, -0.1) is 0 Å². The lowest BCUT2D eigenvalue weighted by Gasteiger charge is -2.25. The highest BCUT2D eigenvalue weighted by Crippen LogP contribution is 2.39. The predicted molar refractivity (Wildman–Crippen MR) is 148 cm³/mol. The maximum absolute atomic E-state index is 13.8. The molecule has 2 unspecified atom stereocenters. The summed E-state index contributed by atoms with van der Waals surface area (Å²) < 4.78 is 27.3. The molecule has 3 amide bonds. The van der Waals surface area contributed by atoms with Gasteiger partial charge >= 0.3 is 0 Å². The minimum Gasteiger partial charge on any atom is -0.351 e. The first kappa shape index (κ1) is 26.7. The Hall–Kier alpha value is -4.85. The first-order valence-corrected chi connectivity index (χ1v) is 12.8. The summed E-state index contributed by atoms with van der Waals surface area (Å²) >= 11 is 0. The third-order valence-electron chi connectivity index (χ3n) is 7.00. The van der Waals surface area contributed by atoms with Crippen molar-refractivity contribution in [2.24, 2.45) is 5.92 Å². The van der Waals surface area contributed by atoms with E-state index in [9.17, 15) is 23.2 Å². The van der Waals surface area contributed by atoms with Crippen LogP contribution >= 0.6 is 0 Å². The average Bonchev–Trinajstić information content (AvgIpc) is 3.04. The highest BCUT2D eigenvalue weighted by Gasteiger charge is 2.36. The quantitative estimate of drug-likeness (QED) is 0.327. The molecule has 1 aliphatic heterocycles. The molecule has 6 nitrogen and oxygen atoms in total. The molecule has 2 atom stereocenters. The molecule has 202 valence electrons. The van der Waals surface area contributed by atoms with Crippen molar-refractivity contribution in [3.8, 4) is 11.1 Å². The largest absolute Gasteiger partial charge is 0.351 e. The molecule has 0 aromatic heterocycles. The van der Waals surface area contributed by atoms with Crippen molar-refractivity contribution in [1.29, 1.82) is 0 Å². The second kappa shape index (κ2) is 11.5. The lowest BCUT2D eigenvalue weighted by molar-refractivity contribution is -0.137. The van der Waals surface area contributed by atoms with Crippen molar-refractivity contribution in [2.75, 3.05) is 11.9 Å². The predicted octanol–water partition coefficient (Wildman–Crippen LogP) is 4.94. The van der Waals surface area contributed by atoms with Crippen LogP contribution in [-0.2, 0) is 27.3 Å². The molecule has 40 heavy (non-hydrogen) atoms. The Bertz CT molecular complexity index is 1550. The van der Waals surface area contributed by atoms with E-state index in [1.165, 1.54) is 4.90 Å². The number of rotatable bonds is 7. The molecule has 0 saturated heterocycles. The van der Waals surface area contributed by atoms with E-state index in [1.807, 2.05) is 42.5 Å². The number of para-hydroxylation sites is 1. The van der Waals surface area contributed by atoms with E-state index in [1.54, 1.807) is 43.4 Å². The highest BCUT2D eigenvalue weighted by molar-refractivity contribution is 6.08. The fourth-order valence-corrected chi connectivity index (χ4v) is 5.00. The number of carbonyl (C=O) groups excluding carboxylic acids is 3. The Balaban J connectivity index is 1.44. The number of benzene rings is 4. The van der Waals surface area contributed by atoms with E-state index in [2.05, 4.69) is 10.6 Å². The molecule has 0 aliphatic carbocycles. The molecule has 5 rings (SSSR count). The summed E-state index contributed by atoms with van der Waals surface area (Å²) in [5.74, 6) is -4.36. The van der Waals surface area contributed by atoms with Gasteiger partial charge in [0.2, 0.25) is 11.8 Å². The van der Waals surface area contributed by atoms with Crippen LogP contribution in [0.25, 0.3) is 11.1 Å². The van der Waals surface area contributed by atoms with E-state index in [-0.39, 0.29) is 24.4 Å². The van der Waals surface area contributed by atoms with E-state index in [4.69, 9.17) is 0 Å². The first-order chi connectivity index (χ1) is 19.3. The van der Waals surface area contributed by atoms with Gasteiger partial charge in [0, 0.05) is 25.2 Å². The molecule has 8 heteroatoms. The summed E-state index contributed by atoms with van der Waals surface area (Å²) in [5.41, 5.74) is 3.94. The molecule has 0 saturated carbocycles. The fraction of sp³-hybridized carbons (Fsp3) is 0.156. The van der Waals surface area contributed by atoms with E-state index >= 15 is 0 Å². The summed E-state index contributed by atoms with van der Waals surface area (Å²) in [7, 11) is 1.65. The minimum absolute atomic E-state index is 0.0641.